The molecule has 0 amide bonds. The van der Waals surface area contributed by atoms with E-state index in [1.54, 1.807) is 14.2 Å². The number of rotatable bonds is 8. The number of nitrogens with zero attached hydrogens (tertiary/aromatic N) is 2. The van der Waals surface area contributed by atoms with Gasteiger partial charge in [-0.05, 0) is 25.3 Å². The fourth-order valence-electron chi connectivity index (χ4n) is 3.08. The van der Waals surface area contributed by atoms with E-state index in [2.05, 4.69) is 4.90 Å². The van der Waals surface area contributed by atoms with Crippen molar-refractivity contribution >= 4 is 11.3 Å². The van der Waals surface area contributed by atoms with Gasteiger partial charge < -0.3 is 14.6 Å². The molecule has 0 bridgehead atoms. The number of hydrogen-bond acceptors (Lipinski definition) is 6. The summed E-state index contributed by atoms with van der Waals surface area (Å²) in [7, 11) is 3.31. The summed E-state index contributed by atoms with van der Waals surface area (Å²) in [5.74, 6) is 1.58. The SMILES string of the molecule is COc1ccc(CN(CCO)Cc2nc3c(s2)CCC3)c(OC)c1. The quantitative estimate of drug-likeness (QED) is 0.795. The standard InChI is InChI=1S/C18H24N2O3S/c1-22-14-7-6-13(16(10-14)23-2)11-20(8-9-21)12-18-19-15-4-3-5-17(15)24-18/h6-7,10,21H,3-5,8-9,11-12H2,1-2H3. The van der Waals surface area contributed by atoms with Gasteiger partial charge in [0.05, 0.1) is 33.1 Å². The molecule has 1 N–H and O–H groups in total. The molecule has 0 aliphatic heterocycles. The summed E-state index contributed by atoms with van der Waals surface area (Å²) in [6, 6.07) is 5.85. The van der Waals surface area contributed by atoms with Crippen molar-refractivity contribution in [2.45, 2.75) is 32.4 Å². The highest BCUT2D eigenvalue weighted by Crippen LogP contribution is 2.29. The molecule has 0 atom stereocenters. The molecule has 0 saturated carbocycles. The Bertz CT molecular complexity index is 665. The molecule has 1 aromatic heterocycles. The Morgan fingerprint density at radius 3 is 2.79 bits per heavy atom. The summed E-state index contributed by atoms with van der Waals surface area (Å²) in [5.41, 5.74) is 2.36. The molecule has 24 heavy (non-hydrogen) atoms. The Morgan fingerprint density at radius 2 is 2.08 bits per heavy atom. The van der Waals surface area contributed by atoms with Crippen LogP contribution in [-0.2, 0) is 25.9 Å². The van der Waals surface area contributed by atoms with Crippen LogP contribution >= 0.6 is 11.3 Å². The third-order valence-electron chi connectivity index (χ3n) is 4.30. The zero-order chi connectivity index (χ0) is 16.9. The monoisotopic (exact) mass is 348 g/mol. The summed E-state index contributed by atoms with van der Waals surface area (Å²) >= 11 is 1.82. The highest BCUT2D eigenvalue weighted by atomic mass is 32.1. The van der Waals surface area contributed by atoms with Gasteiger partial charge in [0, 0.05) is 29.6 Å². The third-order valence-corrected chi connectivity index (χ3v) is 5.45. The number of aromatic nitrogens is 1. The molecule has 2 aromatic rings. The van der Waals surface area contributed by atoms with Crippen molar-refractivity contribution in [2.24, 2.45) is 0 Å². The van der Waals surface area contributed by atoms with E-state index >= 15 is 0 Å². The average Bonchev–Trinajstić information content (AvgIpc) is 3.16. The van der Waals surface area contributed by atoms with Crippen molar-refractivity contribution in [1.82, 2.24) is 9.88 Å². The van der Waals surface area contributed by atoms with Gasteiger partial charge in [0.25, 0.3) is 0 Å². The maximum atomic E-state index is 9.41. The van der Waals surface area contributed by atoms with Crippen LogP contribution in [-0.4, -0.2) is 42.4 Å². The molecule has 1 aliphatic rings. The minimum absolute atomic E-state index is 0.129. The lowest BCUT2D eigenvalue weighted by atomic mass is 10.1. The van der Waals surface area contributed by atoms with Gasteiger partial charge in [-0.2, -0.15) is 0 Å². The first kappa shape index (κ1) is 17.2. The van der Waals surface area contributed by atoms with Gasteiger partial charge in [-0.1, -0.05) is 6.07 Å². The van der Waals surface area contributed by atoms with E-state index in [0.29, 0.717) is 13.1 Å². The third kappa shape index (κ3) is 3.88. The molecule has 6 heteroatoms. The molecular formula is C18H24N2O3S. The fourth-order valence-corrected chi connectivity index (χ4v) is 4.28. The van der Waals surface area contributed by atoms with Crippen molar-refractivity contribution in [3.05, 3.63) is 39.3 Å². The van der Waals surface area contributed by atoms with Gasteiger partial charge in [-0.25, -0.2) is 4.98 Å². The van der Waals surface area contributed by atoms with E-state index in [0.717, 1.165) is 35.0 Å². The van der Waals surface area contributed by atoms with Crippen LogP contribution in [0.15, 0.2) is 18.2 Å². The van der Waals surface area contributed by atoms with Gasteiger partial charge >= 0.3 is 0 Å². The number of thiazole rings is 1. The summed E-state index contributed by atoms with van der Waals surface area (Å²) < 4.78 is 10.7. The van der Waals surface area contributed by atoms with Gasteiger partial charge in [-0.15, -0.1) is 11.3 Å². The second-order valence-corrected chi connectivity index (χ2v) is 7.11. The first-order valence-corrected chi connectivity index (χ1v) is 9.06. The van der Waals surface area contributed by atoms with Crippen LogP contribution < -0.4 is 9.47 Å². The van der Waals surface area contributed by atoms with Gasteiger partial charge in [0.1, 0.15) is 16.5 Å². The zero-order valence-electron chi connectivity index (χ0n) is 14.2. The lowest BCUT2D eigenvalue weighted by Gasteiger charge is -2.21. The summed E-state index contributed by atoms with van der Waals surface area (Å²) in [6.07, 6.45) is 3.51. The maximum absolute atomic E-state index is 9.41. The number of aryl methyl sites for hydroxylation is 2. The van der Waals surface area contributed by atoms with Crippen molar-refractivity contribution in [1.29, 1.82) is 0 Å². The first-order chi connectivity index (χ1) is 11.7. The molecule has 1 aliphatic carbocycles. The van der Waals surface area contributed by atoms with Crippen LogP contribution in [0.3, 0.4) is 0 Å². The number of methoxy groups -OCH3 is 2. The molecule has 1 heterocycles. The highest BCUT2D eigenvalue weighted by molar-refractivity contribution is 7.11. The molecule has 0 radical (unpaired) electrons. The molecule has 0 saturated heterocycles. The molecule has 0 unspecified atom stereocenters. The Balaban J connectivity index is 1.73. The second kappa shape index (κ2) is 7.96. The molecule has 130 valence electrons. The van der Waals surface area contributed by atoms with E-state index in [1.807, 2.05) is 29.5 Å². The van der Waals surface area contributed by atoms with Crippen molar-refractivity contribution in [3.63, 3.8) is 0 Å². The molecule has 0 spiro atoms. The number of aliphatic hydroxyl groups is 1. The smallest absolute Gasteiger partial charge is 0.127 e. The lowest BCUT2D eigenvalue weighted by Crippen LogP contribution is -2.26. The Kier molecular flexibility index (Phi) is 5.71. The van der Waals surface area contributed by atoms with Crippen molar-refractivity contribution < 1.29 is 14.6 Å². The maximum Gasteiger partial charge on any atom is 0.127 e. The van der Waals surface area contributed by atoms with Crippen molar-refractivity contribution in [3.8, 4) is 11.5 Å². The Morgan fingerprint density at radius 1 is 1.21 bits per heavy atom. The van der Waals surface area contributed by atoms with E-state index in [4.69, 9.17) is 14.5 Å². The number of hydrogen-bond donors (Lipinski definition) is 1. The zero-order valence-corrected chi connectivity index (χ0v) is 15.1. The molecule has 0 fully saturated rings. The van der Waals surface area contributed by atoms with Crippen LogP contribution in [0.1, 0.15) is 27.6 Å². The molecule has 5 nitrogen and oxygen atoms in total. The number of aliphatic hydroxyl groups excluding tert-OH is 1. The van der Waals surface area contributed by atoms with Crippen LogP contribution in [0, 0.1) is 0 Å². The van der Waals surface area contributed by atoms with E-state index < -0.39 is 0 Å². The minimum Gasteiger partial charge on any atom is -0.497 e. The normalized spacial score (nSPS) is 13.3. The van der Waals surface area contributed by atoms with E-state index in [9.17, 15) is 5.11 Å². The summed E-state index contributed by atoms with van der Waals surface area (Å²) in [5, 5.41) is 10.5. The largest absolute Gasteiger partial charge is 0.497 e. The van der Waals surface area contributed by atoms with Crippen LogP contribution in [0.4, 0.5) is 0 Å². The number of ether oxygens (including phenoxy) is 2. The van der Waals surface area contributed by atoms with E-state index in [1.165, 1.54) is 23.4 Å². The van der Waals surface area contributed by atoms with Crippen LogP contribution in [0.25, 0.3) is 0 Å². The lowest BCUT2D eigenvalue weighted by molar-refractivity contribution is 0.182. The topological polar surface area (TPSA) is 54.8 Å². The Hall–Kier alpha value is -1.63. The molecule has 3 rings (SSSR count). The van der Waals surface area contributed by atoms with Crippen LogP contribution in [0.5, 0.6) is 11.5 Å². The molecular weight excluding hydrogens is 324 g/mol. The van der Waals surface area contributed by atoms with Crippen LogP contribution in [0.2, 0.25) is 0 Å². The summed E-state index contributed by atoms with van der Waals surface area (Å²) in [6.45, 7) is 2.20. The van der Waals surface area contributed by atoms with Gasteiger partial charge in [0.15, 0.2) is 0 Å². The Labute approximate surface area is 146 Å². The molecule has 1 aromatic carbocycles. The van der Waals surface area contributed by atoms with Gasteiger partial charge in [-0.3, -0.25) is 4.90 Å². The number of fused-ring (bicyclic) bond motifs is 1. The predicted molar refractivity (Wildman–Crippen MR) is 94.9 cm³/mol. The summed E-state index contributed by atoms with van der Waals surface area (Å²) in [4.78, 5) is 8.42. The second-order valence-electron chi connectivity index (χ2n) is 5.94. The number of benzene rings is 1. The fraction of sp³-hybridized carbons (Fsp3) is 0.500. The van der Waals surface area contributed by atoms with Gasteiger partial charge in [0.2, 0.25) is 0 Å². The van der Waals surface area contributed by atoms with Crippen molar-refractivity contribution in [2.75, 3.05) is 27.4 Å². The first-order valence-electron chi connectivity index (χ1n) is 8.25. The van der Waals surface area contributed by atoms with E-state index in [-0.39, 0.29) is 6.61 Å². The highest BCUT2D eigenvalue weighted by Gasteiger charge is 2.19. The predicted octanol–water partition coefficient (Wildman–Crippen LogP) is 2.64. The minimum atomic E-state index is 0.129. The average molecular weight is 348 g/mol.